The normalized spacial score (nSPS) is 21.2. The monoisotopic (exact) mass is 308 g/mol. The molecular formula is C14H16N2O2S2. The van der Waals surface area contributed by atoms with Gasteiger partial charge in [0.25, 0.3) is 0 Å². The van der Waals surface area contributed by atoms with E-state index in [2.05, 4.69) is 40.5 Å². The molecule has 1 atom stereocenters. The van der Waals surface area contributed by atoms with Gasteiger partial charge in [-0.1, -0.05) is 29.5 Å². The molecule has 0 amide bonds. The molecule has 4 nitrogen and oxygen atoms in total. The number of benzene rings is 1. The third-order valence-electron chi connectivity index (χ3n) is 2.95. The molecule has 0 spiro atoms. The molecule has 20 heavy (non-hydrogen) atoms. The van der Waals surface area contributed by atoms with Crippen LogP contribution in [0, 0.1) is 6.92 Å². The SMILES string of the molecule is Cc1ccc(Sc2nc(C3COC(C)(C)O3)ns2)cc1. The first-order valence-electron chi connectivity index (χ1n) is 6.42. The molecule has 1 aliphatic rings. The van der Waals surface area contributed by atoms with Gasteiger partial charge in [0.2, 0.25) is 0 Å². The zero-order valence-electron chi connectivity index (χ0n) is 11.6. The Bertz CT molecular complexity index is 595. The van der Waals surface area contributed by atoms with Crippen molar-refractivity contribution in [2.24, 2.45) is 0 Å². The van der Waals surface area contributed by atoms with Gasteiger partial charge in [-0.2, -0.15) is 4.37 Å². The summed E-state index contributed by atoms with van der Waals surface area (Å²) in [6.45, 7) is 6.40. The lowest BCUT2D eigenvalue weighted by atomic mass is 10.2. The third kappa shape index (κ3) is 3.20. The van der Waals surface area contributed by atoms with E-state index in [1.807, 2.05) is 13.8 Å². The minimum Gasteiger partial charge on any atom is -0.347 e. The molecule has 6 heteroatoms. The minimum absolute atomic E-state index is 0.159. The number of nitrogens with zero attached hydrogens (tertiary/aromatic N) is 2. The van der Waals surface area contributed by atoms with Crippen LogP contribution in [-0.2, 0) is 9.47 Å². The van der Waals surface area contributed by atoms with E-state index in [4.69, 9.17) is 9.47 Å². The summed E-state index contributed by atoms with van der Waals surface area (Å²) in [5.41, 5.74) is 1.26. The Labute approximate surface area is 126 Å². The highest BCUT2D eigenvalue weighted by Gasteiger charge is 2.35. The van der Waals surface area contributed by atoms with Gasteiger partial charge in [0.1, 0.15) is 6.10 Å². The molecule has 1 unspecified atom stereocenters. The van der Waals surface area contributed by atoms with Crippen LogP contribution in [0.5, 0.6) is 0 Å². The van der Waals surface area contributed by atoms with E-state index in [1.54, 1.807) is 11.8 Å². The highest BCUT2D eigenvalue weighted by atomic mass is 32.2. The molecule has 1 saturated heterocycles. The summed E-state index contributed by atoms with van der Waals surface area (Å²) in [5.74, 6) is 0.176. The van der Waals surface area contributed by atoms with E-state index < -0.39 is 5.79 Å². The van der Waals surface area contributed by atoms with E-state index in [1.165, 1.54) is 22.0 Å². The van der Waals surface area contributed by atoms with E-state index in [0.717, 1.165) is 10.2 Å². The van der Waals surface area contributed by atoms with Crippen molar-refractivity contribution in [2.75, 3.05) is 6.61 Å². The van der Waals surface area contributed by atoms with Crippen LogP contribution in [0.1, 0.15) is 31.3 Å². The Hall–Kier alpha value is -0.950. The van der Waals surface area contributed by atoms with Crippen molar-refractivity contribution in [1.82, 2.24) is 9.36 Å². The summed E-state index contributed by atoms with van der Waals surface area (Å²) < 4.78 is 16.6. The van der Waals surface area contributed by atoms with Gasteiger partial charge in [-0.15, -0.1) is 0 Å². The highest BCUT2D eigenvalue weighted by molar-refractivity contribution is 8.01. The lowest BCUT2D eigenvalue weighted by molar-refractivity contribution is -0.139. The maximum Gasteiger partial charge on any atom is 0.175 e. The van der Waals surface area contributed by atoms with Crippen molar-refractivity contribution < 1.29 is 9.47 Å². The molecule has 1 fully saturated rings. The number of hydrogen-bond acceptors (Lipinski definition) is 6. The van der Waals surface area contributed by atoms with Crippen LogP contribution in [0.15, 0.2) is 33.5 Å². The van der Waals surface area contributed by atoms with Crippen molar-refractivity contribution in [2.45, 2.75) is 41.9 Å². The second kappa shape index (κ2) is 5.44. The molecular weight excluding hydrogens is 292 g/mol. The molecule has 106 valence electrons. The van der Waals surface area contributed by atoms with Crippen LogP contribution in [0.25, 0.3) is 0 Å². The number of ether oxygens (including phenoxy) is 2. The van der Waals surface area contributed by atoms with E-state index in [0.29, 0.717) is 6.61 Å². The quantitative estimate of drug-likeness (QED) is 0.862. The molecule has 0 N–H and O–H groups in total. The van der Waals surface area contributed by atoms with Gasteiger partial charge in [0.05, 0.1) is 6.61 Å². The smallest absolute Gasteiger partial charge is 0.175 e. The Balaban J connectivity index is 1.69. The fourth-order valence-electron chi connectivity index (χ4n) is 1.91. The van der Waals surface area contributed by atoms with Gasteiger partial charge < -0.3 is 9.47 Å². The largest absolute Gasteiger partial charge is 0.347 e. The minimum atomic E-state index is -0.541. The average Bonchev–Trinajstić information content (AvgIpc) is 2.99. The van der Waals surface area contributed by atoms with E-state index in [-0.39, 0.29) is 6.10 Å². The first kappa shape index (κ1) is 14.0. The van der Waals surface area contributed by atoms with E-state index >= 15 is 0 Å². The number of rotatable bonds is 3. The maximum absolute atomic E-state index is 5.76. The predicted octanol–water partition coefficient (Wildman–Crippen LogP) is 3.82. The molecule has 2 heterocycles. The van der Waals surface area contributed by atoms with E-state index in [9.17, 15) is 0 Å². The summed E-state index contributed by atoms with van der Waals surface area (Å²) in [4.78, 5) is 5.71. The van der Waals surface area contributed by atoms with Gasteiger partial charge in [0, 0.05) is 4.90 Å². The fourth-order valence-corrected chi connectivity index (χ4v) is 3.54. The topological polar surface area (TPSA) is 44.2 Å². The summed E-state index contributed by atoms with van der Waals surface area (Å²) in [5, 5.41) is 0. The van der Waals surface area contributed by atoms with Crippen molar-refractivity contribution in [1.29, 1.82) is 0 Å². The Morgan fingerprint density at radius 1 is 1.30 bits per heavy atom. The zero-order chi connectivity index (χ0) is 14.2. The Morgan fingerprint density at radius 3 is 2.70 bits per heavy atom. The lowest BCUT2D eigenvalue weighted by Crippen LogP contribution is -2.19. The molecule has 0 radical (unpaired) electrons. The molecule has 3 rings (SSSR count). The van der Waals surface area contributed by atoms with Gasteiger partial charge in [-0.05, 0) is 44.4 Å². The first-order valence-corrected chi connectivity index (χ1v) is 8.01. The van der Waals surface area contributed by atoms with Crippen molar-refractivity contribution in [3.63, 3.8) is 0 Å². The fraction of sp³-hybridized carbons (Fsp3) is 0.429. The molecule has 2 aromatic rings. The van der Waals surface area contributed by atoms with Crippen molar-refractivity contribution in [3.05, 3.63) is 35.7 Å². The number of hydrogen-bond donors (Lipinski definition) is 0. The molecule has 0 bridgehead atoms. The second-order valence-electron chi connectivity index (χ2n) is 5.15. The van der Waals surface area contributed by atoms with Gasteiger partial charge in [0.15, 0.2) is 16.0 Å². The molecule has 1 aromatic heterocycles. The van der Waals surface area contributed by atoms with Crippen LogP contribution < -0.4 is 0 Å². The first-order chi connectivity index (χ1) is 9.52. The van der Waals surface area contributed by atoms with Crippen LogP contribution in [0.3, 0.4) is 0 Å². The van der Waals surface area contributed by atoms with Crippen LogP contribution in [0.4, 0.5) is 0 Å². The molecule has 1 aliphatic heterocycles. The van der Waals surface area contributed by atoms with Gasteiger partial charge >= 0.3 is 0 Å². The third-order valence-corrected chi connectivity index (χ3v) is 4.72. The number of aromatic nitrogens is 2. The van der Waals surface area contributed by atoms with Gasteiger partial charge in [-0.3, -0.25) is 0 Å². The second-order valence-corrected chi connectivity index (χ2v) is 7.22. The van der Waals surface area contributed by atoms with Crippen LogP contribution in [-0.4, -0.2) is 21.8 Å². The Morgan fingerprint density at radius 2 is 2.05 bits per heavy atom. The molecule has 1 aromatic carbocycles. The summed E-state index contributed by atoms with van der Waals surface area (Å²) in [6, 6.07) is 8.39. The maximum atomic E-state index is 5.76. The zero-order valence-corrected chi connectivity index (χ0v) is 13.3. The Kier molecular flexibility index (Phi) is 3.81. The average molecular weight is 308 g/mol. The van der Waals surface area contributed by atoms with Crippen LogP contribution in [0.2, 0.25) is 0 Å². The summed E-state index contributed by atoms with van der Waals surface area (Å²) >= 11 is 3.03. The standard InChI is InChI=1S/C14H16N2O2S2/c1-9-4-6-10(7-5-9)19-13-15-12(16-20-13)11-8-17-14(2,3)18-11/h4-7,11H,8H2,1-3H3. The highest BCUT2D eigenvalue weighted by Crippen LogP contribution is 2.35. The van der Waals surface area contributed by atoms with Crippen LogP contribution >= 0.6 is 23.3 Å². The predicted molar refractivity (Wildman–Crippen MR) is 79.1 cm³/mol. The van der Waals surface area contributed by atoms with Crippen molar-refractivity contribution >= 4 is 23.3 Å². The van der Waals surface area contributed by atoms with Gasteiger partial charge in [-0.25, -0.2) is 4.98 Å². The summed E-state index contributed by atoms with van der Waals surface area (Å²) in [6.07, 6.45) is -0.159. The summed E-state index contributed by atoms with van der Waals surface area (Å²) in [7, 11) is 0. The molecule has 0 aliphatic carbocycles. The van der Waals surface area contributed by atoms with Crippen molar-refractivity contribution in [3.8, 4) is 0 Å². The lowest BCUT2D eigenvalue weighted by Gasteiger charge is -2.15. The number of aryl methyl sites for hydroxylation is 1. The molecule has 0 saturated carbocycles.